The van der Waals surface area contributed by atoms with E-state index in [-0.39, 0.29) is 26.2 Å². The lowest BCUT2D eigenvalue weighted by Gasteiger charge is -2.50. The number of carbonyl (C=O) groups excluding carboxylic acids is 3. The topological polar surface area (TPSA) is 145 Å². The van der Waals surface area contributed by atoms with Crippen molar-refractivity contribution in [2.24, 2.45) is 0 Å². The Labute approximate surface area is 232 Å². The molecule has 1 N–H and O–H groups in total. The Morgan fingerprint density at radius 3 is 2.15 bits per heavy atom. The van der Waals surface area contributed by atoms with Gasteiger partial charge in [0, 0.05) is 33.1 Å². The van der Waals surface area contributed by atoms with Crippen LogP contribution in [0, 0.1) is 0 Å². The van der Waals surface area contributed by atoms with Crippen molar-refractivity contribution in [2.75, 3.05) is 52.6 Å². The summed E-state index contributed by atoms with van der Waals surface area (Å²) in [4.78, 5) is 35.8. The molecule has 2 rings (SSSR count). The predicted octanol–water partition coefficient (Wildman–Crippen LogP) is 1.41. The third-order valence-corrected chi connectivity index (χ3v) is 5.84. The van der Waals surface area contributed by atoms with Gasteiger partial charge in [-0.25, -0.2) is 0 Å². The van der Waals surface area contributed by atoms with Gasteiger partial charge in [0.25, 0.3) is 0 Å². The van der Waals surface area contributed by atoms with E-state index in [1.54, 1.807) is 24.3 Å². The Morgan fingerprint density at radius 2 is 1.54 bits per heavy atom. The molecule has 12 nitrogen and oxygen atoms in total. The summed E-state index contributed by atoms with van der Waals surface area (Å²) in [5.74, 6) is -1.26. The summed E-state index contributed by atoms with van der Waals surface area (Å²) in [7, 11) is 1.47. The summed E-state index contributed by atoms with van der Waals surface area (Å²) in [6, 6.07) is 6.89. The standard InChI is InChI=1S/C26H37ClO12/c1-17(28)36-16-22-23(37-18(2)29)26(31,15-20-7-5-6-8-21(20)32-4)24(38-19(3)30)25(39-22)35-14-13-34-12-11-33-10-9-27/h5-8,22-25,31H,9-16H2,1-4H3/t22-,23+,24+,25-,26+/m1/s1. The molecule has 1 heterocycles. The van der Waals surface area contributed by atoms with Gasteiger partial charge in [-0.05, 0) is 11.6 Å². The van der Waals surface area contributed by atoms with E-state index in [4.69, 9.17) is 49.5 Å². The number of benzene rings is 1. The summed E-state index contributed by atoms with van der Waals surface area (Å²) in [5.41, 5.74) is -1.56. The van der Waals surface area contributed by atoms with E-state index in [0.717, 1.165) is 13.8 Å². The molecule has 0 saturated carbocycles. The number of hydrogen-bond donors (Lipinski definition) is 1. The van der Waals surface area contributed by atoms with Gasteiger partial charge in [0.2, 0.25) is 0 Å². The minimum absolute atomic E-state index is 0.0127. The van der Waals surface area contributed by atoms with Crippen LogP contribution in [-0.4, -0.2) is 106 Å². The molecule has 1 saturated heterocycles. The second-order valence-corrected chi connectivity index (χ2v) is 9.05. The number of alkyl halides is 1. The summed E-state index contributed by atoms with van der Waals surface area (Å²) in [6.45, 7) is 4.30. The lowest BCUT2D eigenvalue weighted by molar-refractivity contribution is -0.336. The number of aliphatic hydroxyl groups is 1. The molecule has 1 aliphatic heterocycles. The first-order valence-corrected chi connectivity index (χ1v) is 13.0. The van der Waals surface area contributed by atoms with E-state index in [1.807, 2.05) is 0 Å². The number of esters is 3. The zero-order valence-corrected chi connectivity index (χ0v) is 23.3. The Hall–Kier alpha value is -2.48. The second-order valence-electron chi connectivity index (χ2n) is 8.67. The van der Waals surface area contributed by atoms with Crippen molar-refractivity contribution >= 4 is 29.5 Å². The number of carbonyl (C=O) groups is 3. The molecule has 0 radical (unpaired) electrons. The Kier molecular flexibility index (Phi) is 13.9. The van der Waals surface area contributed by atoms with Crippen molar-refractivity contribution in [3.8, 4) is 5.75 Å². The maximum Gasteiger partial charge on any atom is 0.303 e. The molecule has 1 aliphatic rings. The molecule has 0 aromatic heterocycles. The molecular weight excluding hydrogens is 540 g/mol. The molecule has 1 aromatic rings. The van der Waals surface area contributed by atoms with E-state index in [9.17, 15) is 19.5 Å². The fourth-order valence-corrected chi connectivity index (χ4v) is 4.24. The van der Waals surface area contributed by atoms with Crippen molar-refractivity contribution in [3.05, 3.63) is 29.8 Å². The van der Waals surface area contributed by atoms with Crippen molar-refractivity contribution in [2.45, 2.75) is 57.4 Å². The number of halogens is 1. The zero-order valence-electron chi connectivity index (χ0n) is 22.6. The van der Waals surface area contributed by atoms with Crippen LogP contribution < -0.4 is 4.74 Å². The van der Waals surface area contributed by atoms with Gasteiger partial charge >= 0.3 is 17.9 Å². The Balaban J connectivity index is 2.38. The van der Waals surface area contributed by atoms with Crippen LogP contribution in [0.4, 0.5) is 0 Å². The van der Waals surface area contributed by atoms with Crippen LogP contribution >= 0.6 is 11.6 Å². The fraction of sp³-hybridized carbons (Fsp3) is 0.654. The van der Waals surface area contributed by atoms with E-state index in [0.29, 0.717) is 37.0 Å². The van der Waals surface area contributed by atoms with Crippen LogP contribution in [0.1, 0.15) is 26.3 Å². The molecule has 0 unspecified atom stereocenters. The van der Waals surface area contributed by atoms with Gasteiger partial charge in [0.15, 0.2) is 24.1 Å². The number of methoxy groups -OCH3 is 1. The molecule has 39 heavy (non-hydrogen) atoms. The van der Waals surface area contributed by atoms with E-state index in [1.165, 1.54) is 14.0 Å². The number of rotatable bonds is 16. The number of para-hydroxylation sites is 1. The first-order chi connectivity index (χ1) is 18.6. The maximum absolute atomic E-state index is 12.2. The molecule has 1 aromatic carbocycles. The Morgan fingerprint density at radius 1 is 0.923 bits per heavy atom. The highest BCUT2D eigenvalue weighted by molar-refractivity contribution is 6.17. The quantitative estimate of drug-likeness (QED) is 0.131. The summed E-state index contributed by atoms with van der Waals surface area (Å²) in [5, 5.41) is 12.2. The molecule has 0 aliphatic carbocycles. The molecule has 13 heteroatoms. The monoisotopic (exact) mass is 576 g/mol. The van der Waals surface area contributed by atoms with Crippen molar-refractivity contribution in [3.63, 3.8) is 0 Å². The van der Waals surface area contributed by atoms with Crippen molar-refractivity contribution < 1.29 is 57.4 Å². The highest BCUT2D eigenvalue weighted by Crippen LogP contribution is 2.39. The van der Waals surface area contributed by atoms with E-state index < -0.39 is 48.1 Å². The first kappa shape index (κ1) is 32.7. The minimum atomic E-state index is -2.09. The average molecular weight is 577 g/mol. The first-order valence-electron chi connectivity index (χ1n) is 12.4. The van der Waals surface area contributed by atoms with Gasteiger partial charge in [0.05, 0.1) is 40.1 Å². The lowest BCUT2D eigenvalue weighted by atomic mass is 9.78. The zero-order chi connectivity index (χ0) is 28.8. The van der Waals surface area contributed by atoms with Gasteiger partial charge in [0.1, 0.15) is 18.5 Å². The van der Waals surface area contributed by atoms with Gasteiger partial charge in [-0.15, -0.1) is 11.6 Å². The average Bonchev–Trinajstić information content (AvgIpc) is 2.88. The Bertz CT molecular complexity index is 928. The largest absolute Gasteiger partial charge is 0.496 e. The smallest absolute Gasteiger partial charge is 0.303 e. The molecule has 220 valence electrons. The van der Waals surface area contributed by atoms with Crippen LogP contribution in [0.15, 0.2) is 24.3 Å². The fourth-order valence-electron chi connectivity index (χ4n) is 4.14. The van der Waals surface area contributed by atoms with Crippen LogP contribution in [0.2, 0.25) is 0 Å². The highest BCUT2D eigenvalue weighted by Gasteiger charge is 2.60. The van der Waals surface area contributed by atoms with Gasteiger partial charge in [-0.3, -0.25) is 14.4 Å². The van der Waals surface area contributed by atoms with Crippen LogP contribution in [0.5, 0.6) is 5.75 Å². The van der Waals surface area contributed by atoms with Crippen molar-refractivity contribution in [1.82, 2.24) is 0 Å². The van der Waals surface area contributed by atoms with Crippen LogP contribution in [-0.2, 0) is 54.0 Å². The minimum Gasteiger partial charge on any atom is -0.496 e. The maximum atomic E-state index is 12.2. The summed E-state index contributed by atoms with van der Waals surface area (Å²) < 4.78 is 44.1. The molecular formula is C26H37ClO12. The van der Waals surface area contributed by atoms with Gasteiger partial charge in [-0.2, -0.15) is 0 Å². The van der Waals surface area contributed by atoms with E-state index >= 15 is 0 Å². The molecule has 0 bridgehead atoms. The predicted molar refractivity (Wildman–Crippen MR) is 136 cm³/mol. The van der Waals surface area contributed by atoms with E-state index in [2.05, 4.69) is 0 Å². The van der Waals surface area contributed by atoms with Gasteiger partial charge in [-0.1, -0.05) is 18.2 Å². The second kappa shape index (κ2) is 16.6. The number of ether oxygens (including phenoxy) is 8. The molecule has 5 atom stereocenters. The third kappa shape index (κ3) is 10.2. The normalized spacial score (nSPS) is 24.6. The van der Waals surface area contributed by atoms with Gasteiger partial charge < -0.3 is 43.0 Å². The summed E-state index contributed by atoms with van der Waals surface area (Å²) in [6.07, 6.45) is -5.57. The number of hydrogen-bond acceptors (Lipinski definition) is 12. The molecule has 0 spiro atoms. The molecule has 1 fully saturated rings. The highest BCUT2D eigenvalue weighted by atomic mass is 35.5. The molecule has 0 amide bonds. The summed E-state index contributed by atoms with van der Waals surface area (Å²) >= 11 is 5.56. The van der Waals surface area contributed by atoms with Crippen LogP contribution in [0.25, 0.3) is 0 Å². The lowest BCUT2D eigenvalue weighted by Crippen LogP contribution is -2.70. The van der Waals surface area contributed by atoms with Crippen molar-refractivity contribution in [1.29, 1.82) is 0 Å². The SMILES string of the molecule is COc1ccccc1C[C@@]1(O)[C@@H](OC(C)=O)[C@H](OCCOCCOCCCl)O[C@H](COC(C)=O)[C@@H]1OC(C)=O. The third-order valence-electron chi connectivity index (χ3n) is 5.69. The van der Waals surface area contributed by atoms with Crippen LogP contribution in [0.3, 0.4) is 0 Å².